The lowest BCUT2D eigenvalue weighted by molar-refractivity contribution is -0.149. The fraction of sp³-hybridized carbons (Fsp3) is 0.938. The number of ether oxygens (including phenoxy) is 2. The second kappa shape index (κ2) is 10.2. The van der Waals surface area contributed by atoms with Crippen molar-refractivity contribution >= 4 is 5.97 Å². The fourth-order valence-corrected chi connectivity index (χ4v) is 2.35. The number of methoxy groups -OCH3 is 1. The molecule has 0 aliphatic heterocycles. The molecule has 0 aliphatic rings. The molecule has 0 amide bonds. The first-order valence-corrected chi connectivity index (χ1v) is 7.82. The SMILES string of the molecule is CCCCC(CC)COC(C)CC(C)(NC)C(=O)OC. The van der Waals surface area contributed by atoms with Crippen LogP contribution in [0.5, 0.6) is 0 Å². The van der Waals surface area contributed by atoms with Gasteiger partial charge in [0.05, 0.1) is 13.2 Å². The number of carbonyl (C=O) groups is 1. The number of rotatable bonds is 11. The van der Waals surface area contributed by atoms with Crippen LogP contribution in [-0.4, -0.2) is 38.4 Å². The highest BCUT2D eigenvalue weighted by Gasteiger charge is 2.34. The van der Waals surface area contributed by atoms with Gasteiger partial charge in [0.15, 0.2) is 0 Å². The quantitative estimate of drug-likeness (QED) is 0.593. The molecule has 0 aliphatic carbocycles. The maximum absolute atomic E-state index is 11.8. The number of nitrogens with one attached hydrogen (secondary N) is 1. The van der Waals surface area contributed by atoms with Crippen LogP contribution in [0.4, 0.5) is 0 Å². The first-order valence-electron chi connectivity index (χ1n) is 7.82. The molecular weight excluding hydrogens is 254 g/mol. The molecule has 0 saturated heterocycles. The van der Waals surface area contributed by atoms with Crippen molar-refractivity contribution in [1.82, 2.24) is 5.32 Å². The molecular formula is C16H33NO3. The number of likely N-dealkylation sites (N-methyl/N-ethyl adjacent to an activating group) is 1. The van der Waals surface area contributed by atoms with E-state index in [2.05, 4.69) is 19.2 Å². The van der Waals surface area contributed by atoms with Crippen LogP contribution in [0.2, 0.25) is 0 Å². The predicted molar refractivity (Wildman–Crippen MR) is 82.8 cm³/mol. The Kier molecular flexibility index (Phi) is 9.86. The van der Waals surface area contributed by atoms with Gasteiger partial charge in [-0.1, -0.05) is 33.1 Å². The van der Waals surface area contributed by atoms with Gasteiger partial charge in [0.25, 0.3) is 0 Å². The van der Waals surface area contributed by atoms with Crippen LogP contribution in [0, 0.1) is 5.92 Å². The van der Waals surface area contributed by atoms with E-state index in [4.69, 9.17) is 9.47 Å². The molecule has 0 aromatic carbocycles. The molecule has 4 heteroatoms. The standard InChI is InChI=1S/C16H33NO3/c1-7-9-10-14(8-2)12-20-13(3)11-16(4,17-5)15(18)19-6/h13-14,17H,7-12H2,1-6H3. The van der Waals surface area contributed by atoms with Crippen molar-refractivity contribution in [2.45, 2.75) is 71.4 Å². The highest BCUT2D eigenvalue weighted by atomic mass is 16.5. The summed E-state index contributed by atoms with van der Waals surface area (Å²) in [5.74, 6) is 0.379. The average molecular weight is 287 g/mol. The first kappa shape index (κ1) is 19.4. The zero-order chi connectivity index (χ0) is 15.6. The lowest BCUT2D eigenvalue weighted by Crippen LogP contribution is -2.50. The molecule has 0 radical (unpaired) electrons. The highest BCUT2D eigenvalue weighted by molar-refractivity contribution is 5.80. The summed E-state index contributed by atoms with van der Waals surface area (Å²) < 4.78 is 10.8. The van der Waals surface area contributed by atoms with Gasteiger partial charge in [-0.3, -0.25) is 4.79 Å². The van der Waals surface area contributed by atoms with Gasteiger partial charge in [-0.25, -0.2) is 0 Å². The number of hydrogen-bond acceptors (Lipinski definition) is 4. The average Bonchev–Trinajstić information content (AvgIpc) is 2.46. The van der Waals surface area contributed by atoms with Gasteiger partial charge in [0.1, 0.15) is 5.54 Å². The summed E-state index contributed by atoms with van der Waals surface area (Å²) in [6.07, 6.45) is 5.49. The van der Waals surface area contributed by atoms with Crippen molar-refractivity contribution in [1.29, 1.82) is 0 Å². The summed E-state index contributed by atoms with van der Waals surface area (Å²) in [4.78, 5) is 11.8. The number of unbranched alkanes of at least 4 members (excludes halogenated alkanes) is 1. The molecule has 0 bridgehead atoms. The molecule has 0 saturated carbocycles. The minimum atomic E-state index is -0.681. The Hall–Kier alpha value is -0.610. The molecule has 0 heterocycles. The maximum Gasteiger partial charge on any atom is 0.325 e. The Labute approximate surface area is 124 Å². The molecule has 0 rings (SSSR count). The van der Waals surface area contributed by atoms with E-state index in [0.29, 0.717) is 12.3 Å². The molecule has 0 aromatic rings. The third-order valence-corrected chi connectivity index (χ3v) is 4.04. The van der Waals surface area contributed by atoms with Gasteiger partial charge in [0.2, 0.25) is 0 Å². The van der Waals surface area contributed by atoms with Crippen molar-refractivity contribution < 1.29 is 14.3 Å². The Balaban J connectivity index is 4.25. The van der Waals surface area contributed by atoms with Crippen LogP contribution in [0.25, 0.3) is 0 Å². The molecule has 4 nitrogen and oxygen atoms in total. The minimum absolute atomic E-state index is 0.0298. The summed E-state index contributed by atoms with van der Waals surface area (Å²) in [5.41, 5.74) is -0.681. The number of esters is 1. The Morgan fingerprint density at radius 2 is 2.00 bits per heavy atom. The van der Waals surface area contributed by atoms with Gasteiger partial charge in [-0.15, -0.1) is 0 Å². The van der Waals surface area contributed by atoms with E-state index in [1.807, 2.05) is 13.8 Å². The van der Waals surface area contributed by atoms with E-state index < -0.39 is 5.54 Å². The molecule has 0 aromatic heterocycles. The van der Waals surface area contributed by atoms with Crippen molar-refractivity contribution in [2.24, 2.45) is 5.92 Å². The van der Waals surface area contributed by atoms with Gasteiger partial charge in [0, 0.05) is 13.0 Å². The van der Waals surface area contributed by atoms with Crippen molar-refractivity contribution in [2.75, 3.05) is 20.8 Å². The van der Waals surface area contributed by atoms with Gasteiger partial charge >= 0.3 is 5.97 Å². The third-order valence-electron chi connectivity index (χ3n) is 4.04. The summed E-state index contributed by atoms with van der Waals surface area (Å²) in [6.45, 7) is 9.07. The van der Waals surface area contributed by atoms with Crippen molar-refractivity contribution in [3.8, 4) is 0 Å². The zero-order valence-corrected chi connectivity index (χ0v) is 14.1. The van der Waals surface area contributed by atoms with Gasteiger partial charge in [-0.2, -0.15) is 0 Å². The predicted octanol–water partition coefficient (Wildman–Crippen LogP) is 3.15. The van der Waals surface area contributed by atoms with Crippen molar-refractivity contribution in [3.63, 3.8) is 0 Å². The molecule has 1 N–H and O–H groups in total. The molecule has 120 valence electrons. The van der Waals surface area contributed by atoms with Crippen LogP contribution in [0.15, 0.2) is 0 Å². The van der Waals surface area contributed by atoms with Gasteiger partial charge in [-0.05, 0) is 33.2 Å². The molecule has 0 fully saturated rings. The van der Waals surface area contributed by atoms with E-state index in [9.17, 15) is 4.79 Å². The lowest BCUT2D eigenvalue weighted by Gasteiger charge is -2.29. The Bertz CT molecular complexity index is 270. The normalized spacial score (nSPS) is 17.3. The molecule has 3 atom stereocenters. The summed E-state index contributed by atoms with van der Waals surface area (Å²) in [6, 6.07) is 0. The van der Waals surface area contributed by atoms with Crippen LogP contribution in [-0.2, 0) is 14.3 Å². The Morgan fingerprint density at radius 1 is 1.35 bits per heavy atom. The van der Waals surface area contributed by atoms with E-state index in [1.54, 1.807) is 7.05 Å². The topological polar surface area (TPSA) is 47.6 Å². The lowest BCUT2D eigenvalue weighted by atomic mass is 9.95. The van der Waals surface area contributed by atoms with E-state index in [1.165, 1.54) is 26.4 Å². The largest absolute Gasteiger partial charge is 0.468 e. The van der Waals surface area contributed by atoms with Crippen LogP contribution >= 0.6 is 0 Å². The zero-order valence-electron chi connectivity index (χ0n) is 14.1. The van der Waals surface area contributed by atoms with E-state index in [0.717, 1.165) is 13.0 Å². The number of hydrogen-bond donors (Lipinski definition) is 1. The summed E-state index contributed by atoms with van der Waals surface area (Å²) in [7, 11) is 3.20. The maximum atomic E-state index is 11.8. The first-order chi connectivity index (χ1) is 9.43. The second-order valence-corrected chi connectivity index (χ2v) is 5.84. The van der Waals surface area contributed by atoms with E-state index >= 15 is 0 Å². The minimum Gasteiger partial charge on any atom is -0.468 e. The highest BCUT2D eigenvalue weighted by Crippen LogP contribution is 2.19. The van der Waals surface area contributed by atoms with Gasteiger partial charge < -0.3 is 14.8 Å². The van der Waals surface area contributed by atoms with Crippen LogP contribution in [0.1, 0.15) is 59.8 Å². The molecule has 20 heavy (non-hydrogen) atoms. The second-order valence-electron chi connectivity index (χ2n) is 5.84. The van der Waals surface area contributed by atoms with Crippen molar-refractivity contribution in [3.05, 3.63) is 0 Å². The van der Waals surface area contributed by atoms with E-state index in [-0.39, 0.29) is 12.1 Å². The van der Waals surface area contributed by atoms with Crippen LogP contribution in [0.3, 0.4) is 0 Å². The summed E-state index contributed by atoms with van der Waals surface area (Å²) >= 11 is 0. The number of carbonyl (C=O) groups excluding carboxylic acids is 1. The monoisotopic (exact) mass is 287 g/mol. The molecule has 3 unspecified atom stereocenters. The summed E-state index contributed by atoms with van der Waals surface area (Å²) in [5, 5.41) is 3.04. The Morgan fingerprint density at radius 3 is 2.45 bits per heavy atom. The fourth-order valence-electron chi connectivity index (χ4n) is 2.35. The van der Waals surface area contributed by atoms with Crippen LogP contribution < -0.4 is 5.32 Å². The smallest absolute Gasteiger partial charge is 0.325 e. The third kappa shape index (κ3) is 6.71. The molecule has 0 spiro atoms.